The third-order valence-electron chi connectivity index (χ3n) is 3.64. The summed E-state index contributed by atoms with van der Waals surface area (Å²) in [5.41, 5.74) is 8.18. The van der Waals surface area contributed by atoms with Crippen molar-refractivity contribution >= 4 is 15.7 Å². The molecule has 1 rings (SSSR count). The van der Waals surface area contributed by atoms with Crippen LogP contribution in [0.15, 0.2) is 11.0 Å². The largest absolute Gasteiger partial charge is 0.398 e. The predicted octanol–water partition coefficient (Wildman–Crippen LogP) is 2.66. The highest BCUT2D eigenvalue weighted by Crippen LogP contribution is 2.28. The molecule has 0 aliphatic carbocycles. The van der Waals surface area contributed by atoms with E-state index in [0.717, 1.165) is 11.1 Å². The van der Waals surface area contributed by atoms with Gasteiger partial charge in [-0.3, -0.25) is 0 Å². The summed E-state index contributed by atoms with van der Waals surface area (Å²) in [5.74, 6) is 0. The van der Waals surface area contributed by atoms with Crippen LogP contribution in [0.25, 0.3) is 0 Å². The third kappa shape index (κ3) is 3.28. The molecular weight excluding hydrogens is 260 g/mol. The average molecular weight is 284 g/mol. The molecule has 1 aromatic carbocycles. The highest BCUT2D eigenvalue weighted by Gasteiger charge is 2.28. The van der Waals surface area contributed by atoms with Crippen LogP contribution in [-0.4, -0.2) is 14.0 Å². The zero-order chi connectivity index (χ0) is 15.0. The van der Waals surface area contributed by atoms with E-state index in [0.29, 0.717) is 22.6 Å². The Morgan fingerprint density at radius 3 is 2.21 bits per heavy atom. The SMILES string of the molecule is CCC(C)(C)NS(=O)(=O)c1c(C)c(C)cc(N)c1C. The number of benzene rings is 1. The number of nitrogen functional groups attached to an aromatic ring is 1. The number of rotatable bonds is 4. The Balaban J connectivity index is 3.46. The fourth-order valence-corrected chi connectivity index (χ4v) is 3.99. The summed E-state index contributed by atoms with van der Waals surface area (Å²) in [6, 6.07) is 1.81. The van der Waals surface area contributed by atoms with Crippen LogP contribution >= 0.6 is 0 Å². The van der Waals surface area contributed by atoms with Gasteiger partial charge in [0.1, 0.15) is 0 Å². The van der Waals surface area contributed by atoms with Crippen LogP contribution in [0.1, 0.15) is 43.9 Å². The Morgan fingerprint density at radius 2 is 1.74 bits per heavy atom. The molecule has 0 fully saturated rings. The number of hydrogen-bond acceptors (Lipinski definition) is 3. The molecule has 4 nitrogen and oxygen atoms in total. The van der Waals surface area contributed by atoms with E-state index in [4.69, 9.17) is 5.73 Å². The van der Waals surface area contributed by atoms with Crippen molar-refractivity contribution in [3.05, 3.63) is 22.8 Å². The maximum Gasteiger partial charge on any atom is 0.241 e. The molecule has 0 bridgehead atoms. The van der Waals surface area contributed by atoms with E-state index >= 15 is 0 Å². The number of aryl methyl sites for hydroxylation is 1. The summed E-state index contributed by atoms with van der Waals surface area (Å²) in [6.07, 6.45) is 0.714. The number of anilines is 1. The van der Waals surface area contributed by atoms with Crippen LogP contribution in [0.4, 0.5) is 5.69 Å². The van der Waals surface area contributed by atoms with Gasteiger partial charge >= 0.3 is 0 Å². The Bertz CT molecular complexity index is 564. The zero-order valence-corrected chi connectivity index (χ0v) is 13.4. The van der Waals surface area contributed by atoms with Gasteiger partial charge < -0.3 is 5.73 Å². The van der Waals surface area contributed by atoms with Crippen LogP contribution in [-0.2, 0) is 10.0 Å². The molecule has 0 spiro atoms. The Morgan fingerprint density at radius 1 is 1.21 bits per heavy atom. The van der Waals surface area contributed by atoms with E-state index < -0.39 is 15.6 Å². The second kappa shape index (κ2) is 5.13. The van der Waals surface area contributed by atoms with Crippen molar-refractivity contribution in [3.8, 4) is 0 Å². The standard InChI is InChI=1S/C14H24N2O2S/c1-7-14(5,6)16-19(17,18)13-10(3)9(2)8-12(15)11(13)4/h8,16H,7,15H2,1-6H3. The summed E-state index contributed by atoms with van der Waals surface area (Å²) >= 11 is 0. The molecule has 0 saturated heterocycles. The highest BCUT2D eigenvalue weighted by atomic mass is 32.2. The normalized spacial score (nSPS) is 12.7. The minimum atomic E-state index is -3.57. The summed E-state index contributed by atoms with van der Waals surface area (Å²) in [7, 11) is -3.57. The van der Waals surface area contributed by atoms with Gasteiger partial charge in [0.25, 0.3) is 0 Å². The van der Waals surface area contributed by atoms with Crippen molar-refractivity contribution in [1.82, 2.24) is 4.72 Å². The Kier molecular flexibility index (Phi) is 4.32. The van der Waals surface area contributed by atoms with Crippen LogP contribution in [0.3, 0.4) is 0 Å². The van der Waals surface area contributed by atoms with Crippen molar-refractivity contribution in [1.29, 1.82) is 0 Å². The molecular formula is C14H24N2O2S. The fourth-order valence-electron chi connectivity index (χ4n) is 1.93. The van der Waals surface area contributed by atoms with Crippen molar-refractivity contribution in [3.63, 3.8) is 0 Å². The number of nitrogens with two attached hydrogens (primary N) is 1. The minimum Gasteiger partial charge on any atom is -0.398 e. The van der Waals surface area contributed by atoms with Gasteiger partial charge in [-0.25, -0.2) is 13.1 Å². The van der Waals surface area contributed by atoms with Crippen LogP contribution in [0, 0.1) is 20.8 Å². The zero-order valence-electron chi connectivity index (χ0n) is 12.6. The summed E-state index contributed by atoms with van der Waals surface area (Å²) < 4.78 is 27.9. The quantitative estimate of drug-likeness (QED) is 0.835. The van der Waals surface area contributed by atoms with Gasteiger partial charge in [0.2, 0.25) is 10.0 Å². The lowest BCUT2D eigenvalue weighted by molar-refractivity contribution is 0.439. The molecule has 0 saturated carbocycles. The Labute approximate surface area is 116 Å². The van der Waals surface area contributed by atoms with E-state index in [-0.39, 0.29) is 0 Å². The lowest BCUT2D eigenvalue weighted by Gasteiger charge is -2.26. The molecule has 0 aliphatic heterocycles. The van der Waals surface area contributed by atoms with Gasteiger partial charge in [0, 0.05) is 11.2 Å². The van der Waals surface area contributed by atoms with E-state index in [2.05, 4.69) is 4.72 Å². The van der Waals surface area contributed by atoms with Gasteiger partial charge in [-0.05, 0) is 63.8 Å². The lowest BCUT2D eigenvalue weighted by Crippen LogP contribution is -2.43. The van der Waals surface area contributed by atoms with Crippen LogP contribution in [0.2, 0.25) is 0 Å². The number of sulfonamides is 1. The van der Waals surface area contributed by atoms with E-state index in [1.165, 1.54) is 0 Å². The second-order valence-electron chi connectivity index (χ2n) is 5.70. The molecule has 5 heteroatoms. The predicted molar refractivity (Wildman–Crippen MR) is 79.8 cm³/mol. The smallest absolute Gasteiger partial charge is 0.241 e. The summed E-state index contributed by atoms with van der Waals surface area (Å²) in [5, 5.41) is 0. The van der Waals surface area contributed by atoms with E-state index in [1.54, 1.807) is 6.92 Å². The van der Waals surface area contributed by atoms with E-state index in [9.17, 15) is 8.42 Å². The van der Waals surface area contributed by atoms with Crippen molar-refractivity contribution in [2.24, 2.45) is 0 Å². The third-order valence-corrected chi connectivity index (χ3v) is 5.61. The van der Waals surface area contributed by atoms with Crippen molar-refractivity contribution in [2.75, 3.05) is 5.73 Å². The van der Waals surface area contributed by atoms with Crippen LogP contribution in [0.5, 0.6) is 0 Å². The van der Waals surface area contributed by atoms with Crippen molar-refractivity contribution < 1.29 is 8.42 Å². The van der Waals surface area contributed by atoms with Gasteiger partial charge in [-0.15, -0.1) is 0 Å². The highest BCUT2D eigenvalue weighted by molar-refractivity contribution is 7.89. The Hall–Kier alpha value is -1.07. The first kappa shape index (κ1) is 16.0. The molecule has 0 atom stereocenters. The van der Waals surface area contributed by atoms with Gasteiger partial charge in [-0.2, -0.15) is 0 Å². The van der Waals surface area contributed by atoms with Gasteiger partial charge in [0.05, 0.1) is 4.90 Å². The maximum absolute atomic E-state index is 12.6. The topological polar surface area (TPSA) is 72.2 Å². The molecule has 0 heterocycles. The molecule has 19 heavy (non-hydrogen) atoms. The van der Waals surface area contributed by atoms with Gasteiger partial charge in [0.15, 0.2) is 0 Å². The van der Waals surface area contributed by atoms with Crippen molar-refractivity contribution in [2.45, 2.75) is 58.4 Å². The minimum absolute atomic E-state index is 0.312. The molecule has 0 amide bonds. The van der Waals surface area contributed by atoms with Gasteiger partial charge in [-0.1, -0.05) is 6.92 Å². The molecule has 3 N–H and O–H groups in total. The monoisotopic (exact) mass is 284 g/mol. The molecule has 0 radical (unpaired) electrons. The van der Waals surface area contributed by atoms with Crippen LogP contribution < -0.4 is 10.5 Å². The first-order chi connectivity index (χ1) is 8.52. The lowest BCUT2D eigenvalue weighted by atomic mass is 10.0. The maximum atomic E-state index is 12.6. The molecule has 1 aromatic rings. The number of hydrogen-bond donors (Lipinski definition) is 2. The fraction of sp³-hybridized carbons (Fsp3) is 0.571. The van der Waals surface area contributed by atoms with E-state index in [1.807, 2.05) is 40.7 Å². The molecule has 0 unspecified atom stereocenters. The molecule has 0 aliphatic rings. The second-order valence-corrected chi connectivity index (χ2v) is 7.32. The molecule has 108 valence electrons. The first-order valence-corrected chi connectivity index (χ1v) is 7.90. The summed E-state index contributed by atoms with van der Waals surface area (Å²) in [4.78, 5) is 0.312. The number of nitrogens with one attached hydrogen (secondary N) is 1. The molecule has 0 aromatic heterocycles. The average Bonchev–Trinajstić information content (AvgIpc) is 2.25. The first-order valence-electron chi connectivity index (χ1n) is 6.42. The summed E-state index contributed by atoms with van der Waals surface area (Å²) in [6.45, 7) is 11.1.